The molecule has 1 heterocycles. The smallest absolute Gasteiger partial charge is 0.242 e. The number of sulfonamides is 1. The summed E-state index contributed by atoms with van der Waals surface area (Å²) in [4.78, 5) is 5.11. The van der Waals surface area contributed by atoms with Crippen LogP contribution in [0.25, 0.3) is 11.0 Å². The summed E-state index contributed by atoms with van der Waals surface area (Å²) < 4.78 is 44.3. The summed E-state index contributed by atoms with van der Waals surface area (Å²) >= 11 is 1.52. The van der Waals surface area contributed by atoms with Crippen LogP contribution in [0.1, 0.15) is 62.6 Å². The fourth-order valence-electron chi connectivity index (χ4n) is 4.48. The number of aromatic nitrogens is 2. The standard InChI is InChI=1S/C25H32FN3O2S2/c1-4-5-15-28(3)33(30,31)21-13-14-23-22(16-21)27-25(29(23)20-11-6-7-12-20)32-17-19-10-8-9-18(2)24(19)26/h8-10,13-14,16,20H,4-7,11-12,15,17H2,1-3H3. The van der Waals surface area contributed by atoms with Crippen LogP contribution in [0.5, 0.6) is 0 Å². The Morgan fingerprint density at radius 3 is 2.70 bits per heavy atom. The van der Waals surface area contributed by atoms with E-state index in [-0.39, 0.29) is 10.7 Å². The predicted molar refractivity (Wildman–Crippen MR) is 133 cm³/mol. The van der Waals surface area contributed by atoms with Gasteiger partial charge in [-0.05, 0) is 55.5 Å². The van der Waals surface area contributed by atoms with Crippen molar-refractivity contribution >= 4 is 32.8 Å². The Labute approximate surface area is 200 Å². The maximum atomic E-state index is 14.5. The molecule has 0 spiro atoms. The van der Waals surface area contributed by atoms with Crippen LogP contribution in [0.3, 0.4) is 0 Å². The van der Waals surface area contributed by atoms with Gasteiger partial charge in [0.1, 0.15) is 5.82 Å². The first-order valence-electron chi connectivity index (χ1n) is 11.7. The molecular weight excluding hydrogens is 457 g/mol. The van der Waals surface area contributed by atoms with Crippen LogP contribution in [-0.2, 0) is 15.8 Å². The molecule has 1 aromatic heterocycles. The molecule has 0 N–H and O–H groups in total. The van der Waals surface area contributed by atoms with Gasteiger partial charge in [0.05, 0.1) is 15.9 Å². The van der Waals surface area contributed by atoms with Crippen molar-refractivity contribution in [3.8, 4) is 0 Å². The highest BCUT2D eigenvalue weighted by Gasteiger charge is 2.26. The molecule has 0 saturated heterocycles. The number of rotatable bonds is 9. The average Bonchev–Trinajstić information content (AvgIpc) is 3.45. The summed E-state index contributed by atoms with van der Waals surface area (Å²) in [5.74, 6) is 0.311. The SMILES string of the molecule is CCCCN(C)S(=O)(=O)c1ccc2c(c1)nc(SCc1cccc(C)c1F)n2C1CCCC1. The molecule has 4 rings (SSSR count). The summed E-state index contributed by atoms with van der Waals surface area (Å²) in [6, 6.07) is 11.1. The first-order valence-corrected chi connectivity index (χ1v) is 14.1. The van der Waals surface area contributed by atoms with Crippen molar-refractivity contribution in [2.45, 2.75) is 74.2 Å². The third-order valence-electron chi connectivity index (χ3n) is 6.48. The zero-order chi connectivity index (χ0) is 23.6. The van der Waals surface area contributed by atoms with Crippen LogP contribution in [-0.4, -0.2) is 35.9 Å². The molecular formula is C25H32FN3O2S2. The highest BCUT2D eigenvalue weighted by Crippen LogP contribution is 2.38. The van der Waals surface area contributed by atoms with Crippen molar-refractivity contribution in [3.05, 3.63) is 53.3 Å². The maximum absolute atomic E-state index is 14.5. The molecule has 1 aliphatic carbocycles. The van der Waals surface area contributed by atoms with Crippen LogP contribution >= 0.6 is 11.8 Å². The van der Waals surface area contributed by atoms with Crippen LogP contribution in [0.15, 0.2) is 46.5 Å². The van der Waals surface area contributed by atoms with Crippen LogP contribution < -0.4 is 0 Å². The van der Waals surface area contributed by atoms with Gasteiger partial charge >= 0.3 is 0 Å². The van der Waals surface area contributed by atoms with E-state index in [4.69, 9.17) is 4.98 Å². The lowest BCUT2D eigenvalue weighted by atomic mass is 10.1. The molecule has 33 heavy (non-hydrogen) atoms. The van der Waals surface area contributed by atoms with Crippen molar-refractivity contribution in [2.75, 3.05) is 13.6 Å². The van der Waals surface area contributed by atoms with Crippen molar-refractivity contribution in [3.63, 3.8) is 0 Å². The molecule has 1 aliphatic rings. The van der Waals surface area contributed by atoms with Gasteiger partial charge in [-0.15, -0.1) is 0 Å². The third-order valence-corrected chi connectivity index (χ3v) is 9.34. The summed E-state index contributed by atoms with van der Waals surface area (Å²) in [6.45, 7) is 4.32. The number of imidazole rings is 1. The molecule has 0 aliphatic heterocycles. The number of halogens is 1. The van der Waals surface area contributed by atoms with E-state index in [9.17, 15) is 12.8 Å². The number of thioether (sulfide) groups is 1. The molecule has 8 heteroatoms. The van der Waals surface area contributed by atoms with Crippen LogP contribution in [0.4, 0.5) is 4.39 Å². The summed E-state index contributed by atoms with van der Waals surface area (Å²) in [7, 11) is -1.93. The Hall–Kier alpha value is -1.90. The molecule has 0 unspecified atom stereocenters. The van der Waals surface area contributed by atoms with Crippen molar-refractivity contribution in [1.82, 2.24) is 13.9 Å². The summed E-state index contributed by atoms with van der Waals surface area (Å²) in [5.41, 5.74) is 2.92. The summed E-state index contributed by atoms with van der Waals surface area (Å²) in [5, 5.41) is 0.826. The fourth-order valence-corrected chi connectivity index (χ4v) is 6.76. The van der Waals surface area contributed by atoms with Gasteiger partial charge in [-0.2, -0.15) is 0 Å². The van der Waals surface area contributed by atoms with Gasteiger partial charge in [-0.3, -0.25) is 0 Å². The lowest BCUT2D eigenvalue weighted by Crippen LogP contribution is -2.27. The molecule has 178 valence electrons. The second-order valence-corrected chi connectivity index (χ2v) is 11.9. The van der Waals surface area contributed by atoms with Crippen molar-refractivity contribution in [2.24, 2.45) is 0 Å². The monoisotopic (exact) mass is 489 g/mol. The van der Waals surface area contributed by atoms with E-state index >= 15 is 0 Å². The molecule has 5 nitrogen and oxygen atoms in total. The molecule has 1 saturated carbocycles. The van der Waals surface area contributed by atoms with Gasteiger partial charge in [-0.1, -0.05) is 56.1 Å². The Kier molecular flexibility index (Phi) is 7.46. The topological polar surface area (TPSA) is 55.2 Å². The van der Waals surface area contributed by atoms with E-state index in [1.54, 1.807) is 32.2 Å². The van der Waals surface area contributed by atoms with E-state index in [0.29, 0.717) is 35.0 Å². The second kappa shape index (κ2) is 10.2. The van der Waals surface area contributed by atoms with Gasteiger partial charge in [-0.25, -0.2) is 22.1 Å². The highest BCUT2D eigenvalue weighted by molar-refractivity contribution is 7.98. The highest BCUT2D eigenvalue weighted by atomic mass is 32.2. The Morgan fingerprint density at radius 2 is 1.97 bits per heavy atom. The van der Waals surface area contributed by atoms with E-state index < -0.39 is 10.0 Å². The minimum atomic E-state index is -3.56. The van der Waals surface area contributed by atoms with Gasteiger partial charge in [0.15, 0.2) is 5.16 Å². The number of unbranched alkanes of at least 4 members (excludes halogenated alkanes) is 1. The Balaban J connectivity index is 1.70. The van der Waals surface area contributed by atoms with Gasteiger partial charge in [0.2, 0.25) is 10.0 Å². The predicted octanol–water partition coefficient (Wildman–Crippen LogP) is 6.31. The van der Waals surface area contributed by atoms with E-state index in [1.165, 1.54) is 28.9 Å². The molecule has 3 aromatic rings. The number of benzene rings is 2. The zero-order valence-corrected chi connectivity index (χ0v) is 21.2. The summed E-state index contributed by atoms with van der Waals surface area (Å²) in [6.07, 6.45) is 6.28. The zero-order valence-electron chi connectivity index (χ0n) is 19.6. The number of fused-ring (bicyclic) bond motifs is 1. The molecule has 0 atom stereocenters. The number of hydrogen-bond acceptors (Lipinski definition) is 4. The fraction of sp³-hybridized carbons (Fsp3) is 0.480. The van der Waals surface area contributed by atoms with E-state index in [2.05, 4.69) is 4.57 Å². The average molecular weight is 490 g/mol. The molecule has 0 amide bonds. The lowest BCUT2D eigenvalue weighted by Gasteiger charge is -2.18. The van der Waals surface area contributed by atoms with Crippen LogP contribution in [0.2, 0.25) is 0 Å². The lowest BCUT2D eigenvalue weighted by molar-refractivity contribution is 0.459. The quantitative estimate of drug-likeness (QED) is 0.331. The van der Waals surface area contributed by atoms with E-state index in [1.807, 2.05) is 25.1 Å². The first-order chi connectivity index (χ1) is 15.8. The van der Waals surface area contributed by atoms with Gasteiger partial charge in [0.25, 0.3) is 0 Å². The minimum absolute atomic E-state index is 0.169. The van der Waals surface area contributed by atoms with Crippen molar-refractivity contribution < 1.29 is 12.8 Å². The number of aryl methyl sites for hydroxylation is 1. The minimum Gasteiger partial charge on any atom is -0.316 e. The van der Waals surface area contributed by atoms with Crippen LogP contribution in [0, 0.1) is 12.7 Å². The third kappa shape index (κ3) is 4.98. The maximum Gasteiger partial charge on any atom is 0.242 e. The molecule has 2 aromatic carbocycles. The first kappa shape index (κ1) is 24.2. The molecule has 0 bridgehead atoms. The molecule has 0 radical (unpaired) electrons. The Bertz CT molecular complexity index is 1230. The second-order valence-electron chi connectivity index (χ2n) is 8.87. The van der Waals surface area contributed by atoms with E-state index in [0.717, 1.165) is 36.4 Å². The normalized spacial score (nSPS) is 15.2. The van der Waals surface area contributed by atoms with Crippen molar-refractivity contribution in [1.29, 1.82) is 0 Å². The largest absolute Gasteiger partial charge is 0.316 e. The van der Waals surface area contributed by atoms with Gasteiger partial charge in [0, 0.05) is 25.4 Å². The number of nitrogens with zero attached hydrogens (tertiary/aromatic N) is 3. The molecule has 1 fully saturated rings. The number of hydrogen-bond donors (Lipinski definition) is 0. The van der Waals surface area contributed by atoms with Gasteiger partial charge < -0.3 is 4.57 Å². The Morgan fingerprint density at radius 1 is 1.21 bits per heavy atom.